The molecule has 2 unspecified atom stereocenters. The van der Waals surface area contributed by atoms with Crippen molar-refractivity contribution in [3.05, 3.63) is 83.4 Å². The summed E-state index contributed by atoms with van der Waals surface area (Å²) in [6, 6.07) is 16.7. The molecule has 32 heavy (non-hydrogen) atoms. The van der Waals surface area contributed by atoms with E-state index in [4.69, 9.17) is 16.3 Å². The number of anilines is 1. The van der Waals surface area contributed by atoms with Crippen molar-refractivity contribution in [3.8, 4) is 5.75 Å². The van der Waals surface area contributed by atoms with E-state index in [1.165, 1.54) is 0 Å². The Hall–Kier alpha value is -3.16. The molecule has 8 heteroatoms. The standard InChI is InChI=1S/C24H26ClN5O2/c1-32-20-9-3-17(4-10-20)21-15-30(16-23-26-12-2-13-27-23)14-11-22(21)29-24(31)28-19-7-5-18(25)6-8-19/h2-10,12-13,21-22H,11,14-16H2,1H3,(H2,28,29,31). The summed E-state index contributed by atoms with van der Waals surface area (Å²) in [6.45, 7) is 2.31. The summed E-state index contributed by atoms with van der Waals surface area (Å²) in [7, 11) is 1.66. The Morgan fingerprint density at radius 1 is 1.12 bits per heavy atom. The SMILES string of the molecule is COc1ccc(C2CN(Cc3ncccn3)CCC2NC(=O)Nc2ccc(Cl)cc2)cc1. The van der Waals surface area contributed by atoms with Crippen molar-refractivity contribution in [1.29, 1.82) is 0 Å². The van der Waals surface area contributed by atoms with Crippen molar-refractivity contribution in [2.45, 2.75) is 24.9 Å². The van der Waals surface area contributed by atoms with Gasteiger partial charge in [0.25, 0.3) is 0 Å². The first-order valence-corrected chi connectivity index (χ1v) is 10.9. The van der Waals surface area contributed by atoms with E-state index in [9.17, 15) is 4.79 Å². The van der Waals surface area contributed by atoms with E-state index in [1.54, 1.807) is 43.8 Å². The average Bonchev–Trinajstić information content (AvgIpc) is 2.82. The molecule has 0 radical (unpaired) electrons. The lowest BCUT2D eigenvalue weighted by Gasteiger charge is -2.39. The van der Waals surface area contributed by atoms with Crippen LogP contribution < -0.4 is 15.4 Å². The summed E-state index contributed by atoms with van der Waals surface area (Å²) >= 11 is 5.93. The highest BCUT2D eigenvalue weighted by atomic mass is 35.5. The highest BCUT2D eigenvalue weighted by molar-refractivity contribution is 6.30. The van der Waals surface area contributed by atoms with E-state index in [0.717, 1.165) is 36.6 Å². The van der Waals surface area contributed by atoms with Gasteiger partial charge in [0.15, 0.2) is 0 Å². The number of hydrogen-bond donors (Lipinski definition) is 2. The number of amides is 2. The number of ether oxygens (including phenoxy) is 1. The number of halogens is 1. The first kappa shape index (κ1) is 22.0. The zero-order chi connectivity index (χ0) is 22.3. The maximum absolute atomic E-state index is 12.7. The van der Waals surface area contributed by atoms with Crippen LogP contribution in [0.15, 0.2) is 67.0 Å². The topological polar surface area (TPSA) is 79.4 Å². The second kappa shape index (κ2) is 10.4. The highest BCUT2D eigenvalue weighted by Gasteiger charge is 2.32. The van der Waals surface area contributed by atoms with Crippen LogP contribution in [0.3, 0.4) is 0 Å². The van der Waals surface area contributed by atoms with E-state index < -0.39 is 0 Å². The van der Waals surface area contributed by atoms with E-state index in [2.05, 4.69) is 37.6 Å². The Balaban J connectivity index is 1.47. The molecule has 7 nitrogen and oxygen atoms in total. The van der Waals surface area contributed by atoms with Crippen LogP contribution in [-0.2, 0) is 6.54 Å². The monoisotopic (exact) mass is 451 g/mol. The predicted molar refractivity (Wildman–Crippen MR) is 125 cm³/mol. The lowest BCUT2D eigenvalue weighted by Crippen LogP contribution is -2.50. The number of hydrogen-bond acceptors (Lipinski definition) is 5. The lowest BCUT2D eigenvalue weighted by atomic mass is 9.86. The van der Waals surface area contributed by atoms with Gasteiger partial charge in [-0.15, -0.1) is 0 Å². The van der Waals surface area contributed by atoms with Crippen LogP contribution in [-0.4, -0.2) is 47.1 Å². The number of nitrogens with zero attached hydrogens (tertiary/aromatic N) is 3. The molecule has 1 fully saturated rings. The van der Waals surface area contributed by atoms with Gasteiger partial charge in [-0.1, -0.05) is 23.7 Å². The van der Waals surface area contributed by atoms with Crippen LogP contribution in [0.2, 0.25) is 5.02 Å². The minimum Gasteiger partial charge on any atom is -0.497 e. The molecule has 4 rings (SSSR count). The number of piperidine rings is 1. The van der Waals surface area contributed by atoms with Gasteiger partial charge in [-0.2, -0.15) is 0 Å². The summed E-state index contributed by atoms with van der Waals surface area (Å²) < 4.78 is 5.31. The molecule has 2 atom stereocenters. The molecular weight excluding hydrogens is 426 g/mol. The Bertz CT molecular complexity index is 1010. The maximum atomic E-state index is 12.7. The summed E-state index contributed by atoms with van der Waals surface area (Å²) in [5.41, 5.74) is 1.85. The van der Waals surface area contributed by atoms with Crippen molar-refractivity contribution in [2.75, 3.05) is 25.5 Å². The zero-order valence-corrected chi connectivity index (χ0v) is 18.6. The van der Waals surface area contributed by atoms with Crippen LogP contribution in [0.5, 0.6) is 5.75 Å². The van der Waals surface area contributed by atoms with Gasteiger partial charge in [0.1, 0.15) is 11.6 Å². The molecule has 2 heterocycles. The minimum atomic E-state index is -0.226. The number of nitrogens with one attached hydrogen (secondary N) is 2. The number of rotatable bonds is 6. The number of benzene rings is 2. The van der Waals surface area contributed by atoms with Crippen molar-refractivity contribution in [1.82, 2.24) is 20.2 Å². The van der Waals surface area contributed by atoms with Crippen LogP contribution in [0.25, 0.3) is 0 Å². The van der Waals surface area contributed by atoms with Gasteiger partial charge in [-0.3, -0.25) is 4.90 Å². The van der Waals surface area contributed by atoms with Crippen LogP contribution in [0.4, 0.5) is 10.5 Å². The Labute approximate surface area is 192 Å². The summed E-state index contributed by atoms with van der Waals surface area (Å²) in [5.74, 6) is 1.73. The number of aromatic nitrogens is 2. The summed E-state index contributed by atoms with van der Waals surface area (Å²) in [4.78, 5) is 23.8. The van der Waals surface area contributed by atoms with Crippen molar-refractivity contribution >= 4 is 23.3 Å². The Morgan fingerprint density at radius 3 is 2.53 bits per heavy atom. The number of methoxy groups -OCH3 is 1. The Morgan fingerprint density at radius 2 is 1.84 bits per heavy atom. The van der Waals surface area contributed by atoms with Gasteiger partial charge in [0, 0.05) is 48.2 Å². The number of carbonyl (C=O) groups excluding carboxylic acids is 1. The zero-order valence-electron chi connectivity index (χ0n) is 17.9. The third kappa shape index (κ3) is 5.75. The van der Waals surface area contributed by atoms with Crippen LogP contribution >= 0.6 is 11.6 Å². The molecule has 0 saturated carbocycles. The molecule has 2 amide bonds. The molecule has 0 bridgehead atoms. The molecule has 0 spiro atoms. The van der Waals surface area contributed by atoms with Crippen LogP contribution in [0.1, 0.15) is 23.7 Å². The Kier molecular flexibility index (Phi) is 7.19. The molecule has 1 aliphatic rings. The minimum absolute atomic E-state index is 0.0105. The van der Waals surface area contributed by atoms with Crippen molar-refractivity contribution < 1.29 is 9.53 Å². The second-order valence-corrected chi connectivity index (χ2v) is 8.22. The highest BCUT2D eigenvalue weighted by Crippen LogP contribution is 2.29. The first-order valence-electron chi connectivity index (χ1n) is 10.6. The smallest absolute Gasteiger partial charge is 0.319 e. The van der Waals surface area contributed by atoms with Gasteiger partial charge in [-0.25, -0.2) is 14.8 Å². The molecule has 0 aliphatic carbocycles. The van der Waals surface area contributed by atoms with E-state index in [0.29, 0.717) is 17.3 Å². The summed E-state index contributed by atoms with van der Waals surface area (Å²) in [6.07, 6.45) is 4.34. The van der Waals surface area contributed by atoms with E-state index in [1.807, 2.05) is 18.2 Å². The molecule has 2 N–H and O–H groups in total. The third-order valence-electron chi connectivity index (χ3n) is 5.64. The van der Waals surface area contributed by atoms with Gasteiger partial charge >= 0.3 is 6.03 Å². The molecular formula is C24H26ClN5O2. The van der Waals surface area contributed by atoms with Gasteiger partial charge in [0.2, 0.25) is 0 Å². The number of carbonyl (C=O) groups is 1. The lowest BCUT2D eigenvalue weighted by molar-refractivity contribution is 0.165. The maximum Gasteiger partial charge on any atom is 0.319 e. The third-order valence-corrected chi connectivity index (χ3v) is 5.90. The second-order valence-electron chi connectivity index (χ2n) is 7.78. The van der Waals surface area contributed by atoms with Gasteiger partial charge < -0.3 is 15.4 Å². The fourth-order valence-corrected chi connectivity index (χ4v) is 4.13. The molecule has 166 valence electrons. The quantitative estimate of drug-likeness (QED) is 0.583. The normalized spacial score (nSPS) is 18.7. The van der Waals surface area contributed by atoms with Gasteiger partial charge in [-0.05, 0) is 54.4 Å². The fraction of sp³-hybridized carbons (Fsp3) is 0.292. The molecule has 3 aromatic rings. The predicted octanol–water partition coefficient (Wildman–Crippen LogP) is 4.32. The van der Waals surface area contributed by atoms with E-state index in [-0.39, 0.29) is 18.0 Å². The van der Waals surface area contributed by atoms with Gasteiger partial charge in [0.05, 0.1) is 13.7 Å². The fourth-order valence-electron chi connectivity index (χ4n) is 4.01. The first-order chi connectivity index (χ1) is 15.6. The van der Waals surface area contributed by atoms with Crippen molar-refractivity contribution in [2.24, 2.45) is 0 Å². The number of likely N-dealkylation sites (tertiary alicyclic amines) is 1. The molecule has 1 aliphatic heterocycles. The summed E-state index contributed by atoms with van der Waals surface area (Å²) in [5, 5.41) is 6.70. The van der Waals surface area contributed by atoms with E-state index >= 15 is 0 Å². The average molecular weight is 452 g/mol. The largest absolute Gasteiger partial charge is 0.497 e. The van der Waals surface area contributed by atoms with Crippen molar-refractivity contribution in [3.63, 3.8) is 0 Å². The molecule has 2 aromatic carbocycles. The molecule has 1 saturated heterocycles. The number of urea groups is 1. The molecule has 1 aromatic heterocycles. The van der Waals surface area contributed by atoms with Crippen LogP contribution in [0, 0.1) is 0 Å².